The van der Waals surface area contributed by atoms with Crippen LogP contribution >= 0.6 is 34.8 Å². The fraction of sp³-hybridized carbons (Fsp3) is 0.417. The van der Waals surface area contributed by atoms with Crippen molar-refractivity contribution in [1.82, 2.24) is 10.2 Å². The van der Waals surface area contributed by atoms with Gasteiger partial charge in [-0.3, -0.25) is 9.59 Å². The number of nitrogens with zero attached hydrogens (tertiary/aromatic N) is 1. The summed E-state index contributed by atoms with van der Waals surface area (Å²) >= 11 is 18.4. The monoisotopic (exact) mass is 496 g/mol. The van der Waals surface area contributed by atoms with E-state index in [0.29, 0.717) is 20.8 Å². The number of halogens is 3. The van der Waals surface area contributed by atoms with Crippen molar-refractivity contribution < 1.29 is 14.3 Å². The number of carbonyl (C=O) groups is 2. The predicted molar refractivity (Wildman–Crippen MR) is 128 cm³/mol. The van der Waals surface area contributed by atoms with Gasteiger partial charge < -0.3 is 15.0 Å². The first-order valence-corrected chi connectivity index (χ1v) is 11.9. The molecule has 0 bridgehead atoms. The maximum absolute atomic E-state index is 13.2. The number of hydrogen-bond acceptors (Lipinski definition) is 3. The Morgan fingerprint density at radius 1 is 1.06 bits per heavy atom. The van der Waals surface area contributed by atoms with Gasteiger partial charge in [0.2, 0.25) is 5.91 Å². The normalized spacial score (nSPS) is 15.1. The highest BCUT2D eigenvalue weighted by atomic mass is 35.5. The van der Waals surface area contributed by atoms with E-state index in [0.717, 1.165) is 31.2 Å². The first-order valence-electron chi connectivity index (χ1n) is 10.8. The second-order valence-electron chi connectivity index (χ2n) is 8.00. The molecular weight excluding hydrogens is 471 g/mol. The summed E-state index contributed by atoms with van der Waals surface area (Å²) in [5, 5.41) is 4.42. The molecule has 0 spiro atoms. The zero-order valence-electron chi connectivity index (χ0n) is 18.0. The van der Waals surface area contributed by atoms with Crippen LogP contribution in [0.15, 0.2) is 42.5 Å². The highest BCUT2D eigenvalue weighted by molar-refractivity contribution is 6.35. The van der Waals surface area contributed by atoms with Crippen LogP contribution in [0.4, 0.5) is 0 Å². The van der Waals surface area contributed by atoms with Gasteiger partial charge in [0.05, 0.1) is 5.02 Å². The van der Waals surface area contributed by atoms with Crippen molar-refractivity contribution in [2.75, 3.05) is 6.61 Å². The van der Waals surface area contributed by atoms with E-state index in [1.807, 2.05) is 18.2 Å². The van der Waals surface area contributed by atoms with E-state index in [9.17, 15) is 9.59 Å². The number of benzene rings is 2. The fourth-order valence-electron chi connectivity index (χ4n) is 3.78. The van der Waals surface area contributed by atoms with Crippen molar-refractivity contribution in [3.8, 4) is 5.75 Å². The maximum Gasteiger partial charge on any atom is 0.261 e. The van der Waals surface area contributed by atoms with Gasteiger partial charge in [0.1, 0.15) is 11.8 Å². The third-order valence-corrected chi connectivity index (χ3v) is 6.56. The summed E-state index contributed by atoms with van der Waals surface area (Å²) in [6.07, 6.45) is 5.35. The van der Waals surface area contributed by atoms with Gasteiger partial charge in [-0.2, -0.15) is 0 Å². The van der Waals surface area contributed by atoms with E-state index in [-0.39, 0.29) is 31.0 Å². The van der Waals surface area contributed by atoms with Crippen LogP contribution in [0.1, 0.15) is 44.6 Å². The van der Waals surface area contributed by atoms with Gasteiger partial charge in [-0.25, -0.2) is 0 Å². The molecule has 0 heterocycles. The Morgan fingerprint density at radius 3 is 2.47 bits per heavy atom. The molecule has 3 rings (SSSR count). The molecule has 1 atom stereocenters. The second kappa shape index (κ2) is 11.8. The van der Waals surface area contributed by atoms with E-state index in [1.54, 1.807) is 31.2 Å². The summed E-state index contributed by atoms with van der Waals surface area (Å²) in [7, 11) is 0. The molecule has 0 aromatic heterocycles. The molecule has 172 valence electrons. The molecule has 0 saturated heterocycles. The Morgan fingerprint density at radius 2 is 1.78 bits per heavy atom. The molecule has 0 unspecified atom stereocenters. The molecule has 1 saturated carbocycles. The molecule has 1 N–H and O–H groups in total. The first kappa shape index (κ1) is 24.7. The van der Waals surface area contributed by atoms with Crippen molar-refractivity contribution >= 4 is 46.6 Å². The van der Waals surface area contributed by atoms with Crippen molar-refractivity contribution in [2.24, 2.45) is 0 Å². The smallest absolute Gasteiger partial charge is 0.261 e. The highest BCUT2D eigenvalue weighted by Gasteiger charge is 2.29. The topological polar surface area (TPSA) is 58.6 Å². The minimum Gasteiger partial charge on any atom is -0.482 e. The maximum atomic E-state index is 13.2. The van der Waals surface area contributed by atoms with Gasteiger partial charge >= 0.3 is 0 Å². The lowest BCUT2D eigenvalue weighted by Crippen LogP contribution is -2.51. The molecule has 2 amide bonds. The second-order valence-corrected chi connectivity index (χ2v) is 9.25. The number of ether oxygens (including phenoxy) is 1. The molecule has 2 aromatic rings. The summed E-state index contributed by atoms with van der Waals surface area (Å²) in [6.45, 7) is 1.64. The molecule has 0 radical (unpaired) electrons. The summed E-state index contributed by atoms with van der Waals surface area (Å²) < 4.78 is 5.64. The van der Waals surface area contributed by atoms with Crippen molar-refractivity contribution in [1.29, 1.82) is 0 Å². The third kappa shape index (κ3) is 6.77. The van der Waals surface area contributed by atoms with Gasteiger partial charge in [-0.1, -0.05) is 72.3 Å². The van der Waals surface area contributed by atoms with Crippen LogP contribution < -0.4 is 10.1 Å². The van der Waals surface area contributed by atoms with Gasteiger partial charge in [-0.15, -0.1) is 0 Å². The van der Waals surface area contributed by atoms with Crippen LogP contribution in [0, 0.1) is 0 Å². The number of carbonyl (C=O) groups excluding carboxylic acids is 2. The lowest BCUT2D eigenvalue weighted by molar-refractivity contribution is -0.142. The Hall–Kier alpha value is -1.95. The van der Waals surface area contributed by atoms with Crippen LogP contribution in [0.5, 0.6) is 5.75 Å². The average Bonchev–Trinajstić information content (AvgIpc) is 2.78. The summed E-state index contributed by atoms with van der Waals surface area (Å²) in [6, 6.07) is 11.5. The molecule has 1 fully saturated rings. The van der Waals surface area contributed by atoms with E-state index in [1.165, 1.54) is 11.3 Å². The average molecular weight is 498 g/mol. The lowest BCUT2D eigenvalue weighted by atomic mass is 9.95. The molecular formula is C24H27Cl3N2O3. The van der Waals surface area contributed by atoms with Crippen LogP contribution in [-0.4, -0.2) is 35.4 Å². The molecule has 1 aliphatic carbocycles. The van der Waals surface area contributed by atoms with E-state index in [4.69, 9.17) is 39.5 Å². The van der Waals surface area contributed by atoms with E-state index in [2.05, 4.69) is 5.32 Å². The molecule has 2 aromatic carbocycles. The number of amides is 2. The van der Waals surface area contributed by atoms with Gasteiger partial charge in [0.25, 0.3) is 5.91 Å². The zero-order chi connectivity index (χ0) is 23.1. The number of nitrogens with one attached hydrogen (secondary N) is 1. The third-order valence-electron chi connectivity index (χ3n) is 5.66. The number of hydrogen-bond donors (Lipinski definition) is 1. The molecule has 0 aliphatic heterocycles. The summed E-state index contributed by atoms with van der Waals surface area (Å²) in [4.78, 5) is 27.6. The first-order chi connectivity index (χ1) is 15.3. The van der Waals surface area contributed by atoms with Crippen LogP contribution in [-0.2, 0) is 16.1 Å². The number of rotatable bonds is 8. The molecule has 5 nitrogen and oxygen atoms in total. The zero-order valence-corrected chi connectivity index (χ0v) is 20.2. The van der Waals surface area contributed by atoms with Crippen molar-refractivity contribution in [2.45, 2.75) is 57.7 Å². The van der Waals surface area contributed by atoms with Gasteiger partial charge in [-0.05, 0) is 49.6 Å². The molecule has 1 aliphatic rings. The van der Waals surface area contributed by atoms with Crippen LogP contribution in [0.25, 0.3) is 0 Å². The Labute approximate surface area is 204 Å². The molecule has 8 heteroatoms. The Kier molecular flexibility index (Phi) is 9.09. The lowest BCUT2D eigenvalue weighted by Gasteiger charge is -2.31. The van der Waals surface area contributed by atoms with E-state index >= 15 is 0 Å². The largest absolute Gasteiger partial charge is 0.482 e. The van der Waals surface area contributed by atoms with Crippen LogP contribution in [0.3, 0.4) is 0 Å². The fourth-order valence-corrected chi connectivity index (χ4v) is 4.43. The van der Waals surface area contributed by atoms with Gasteiger partial charge in [0, 0.05) is 22.6 Å². The SMILES string of the molecule is C[C@H](C(=O)NC1CCCCC1)N(Cc1ccccc1Cl)C(=O)COc1ccc(Cl)cc1Cl. The minimum atomic E-state index is -0.690. The van der Waals surface area contributed by atoms with Crippen LogP contribution in [0.2, 0.25) is 15.1 Å². The standard InChI is InChI=1S/C24H27Cl3N2O3/c1-16(24(31)28-19-8-3-2-4-9-19)29(14-17-7-5-6-10-20(17)26)23(30)15-32-22-12-11-18(25)13-21(22)27/h5-7,10-13,16,19H,2-4,8-9,14-15H2,1H3,(H,28,31)/t16-/m1/s1. The Bertz CT molecular complexity index is 948. The van der Waals surface area contributed by atoms with Crippen molar-refractivity contribution in [3.05, 3.63) is 63.1 Å². The Balaban J connectivity index is 1.73. The quantitative estimate of drug-likeness (QED) is 0.494. The minimum absolute atomic E-state index is 0.153. The highest BCUT2D eigenvalue weighted by Crippen LogP contribution is 2.28. The summed E-state index contributed by atoms with van der Waals surface area (Å²) in [5.74, 6) is -0.175. The van der Waals surface area contributed by atoms with E-state index < -0.39 is 6.04 Å². The summed E-state index contributed by atoms with van der Waals surface area (Å²) in [5.41, 5.74) is 0.754. The predicted octanol–water partition coefficient (Wildman–Crippen LogP) is 5.89. The molecule has 32 heavy (non-hydrogen) atoms. The van der Waals surface area contributed by atoms with Crippen molar-refractivity contribution in [3.63, 3.8) is 0 Å². The van der Waals surface area contributed by atoms with Gasteiger partial charge in [0.15, 0.2) is 6.61 Å².